The van der Waals surface area contributed by atoms with Crippen molar-refractivity contribution < 1.29 is 4.39 Å². The quantitative estimate of drug-likeness (QED) is 0.490. The second kappa shape index (κ2) is 6.03. The second-order valence-electron chi connectivity index (χ2n) is 5.91. The van der Waals surface area contributed by atoms with Crippen molar-refractivity contribution in [1.82, 2.24) is 29.7 Å². The van der Waals surface area contributed by atoms with Crippen LogP contribution in [0.5, 0.6) is 0 Å². The number of H-pyrrole nitrogens is 1. The molecule has 0 aliphatic carbocycles. The fourth-order valence-corrected chi connectivity index (χ4v) is 3.02. The maximum Gasteiger partial charge on any atom is 0.229 e. The molecule has 0 aliphatic rings. The third-order valence-electron chi connectivity index (χ3n) is 4.17. The van der Waals surface area contributed by atoms with Gasteiger partial charge in [-0.05, 0) is 36.4 Å². The minimum Gasteiger partial charge on any atom is -0.324 e. The first kappa shape index (κ1) is 15.7. The molecule has 7 nitrogen and oxygen atoms in total. The fourth-order valence-electron chi connectivity index (χ4n) is 2.84. The standard InChI is InChI=1S/C18H11ClFN7/c19-13-5-11(2-4-14(13)20)24-18-21-8-16-17(25-18)27(9-22-16)12-3-1-10-7-23-26-15(10)6-12/h1-9H,(H,23,26)(H,21,24,25). The summed E-state index contributed by atoms with van der Waals surface area (Å²) in [5, 5.41) is 11.1. The Morgan fingerprint density at radius 1 is 1.07 bits per heavy atom. The molecule has 2 aromatic carbocycles. The number of aromatic nitrogens is 6. The Balaban J connectivity index is 1.56. The van der Waals surface area contributed by atoms with E-state index < -0.39 is 5.82 Å². The number of imidazole rings is 1. The largest absolute Gasteiger partial charge is 0.324 e. The summed E-state index contributed by atoms with van der Waals surface area (Å²) in [5.74, 6) is -0.125. The lowest BCUT2D eigenvalue weighted by atomic mass is 10.2. The van der Waals surface area contributed by atoms with Crippen LogP contribution < -0.4 is 5.32 Å². The molecule has 0 atom stereocenters. The van der Waals surface area contributed by atoms with Gasteiger partial charge in [0.15, 0.2) is 5.65 Å². The molecule has 5 aromatic rings. The maximum absolute atomic E-state index is 13.3. The molecule has 0 saturated heterocycles. The summed E-state index contributed by atoms with van der Waals surface area (Å²) < 4.78 is 15.2. The van der Waals surface area contributed by atoms with Crippen LogP contribution in [-0.2, 0) is 0 Å². The number of aromatic amines is 1. The monoisotopic (exact) mass is 379 g/mol. The predicted molar refractivity (Wildman–Crippen MR) is 101 cm³/mol. The van der Waals surface area contributed by atoms with Crippen LogP contribution in [-0.4, -0.2) is 29.7 Å². The van der Waals surface area contributed by atoms with E-state index in [1.165, 1.54) is 12.1 Å². The molecule has 5 rings (SSSR count). The summed E-state index contributed by atoms with van der Waals surface area (Å²) in [5.41, 5.74) is 3.69. The Hall–Kier alpha value is -3.52. The van der Waals surface area contributed by atoms with Gasteiger partial charge in [0, 0.05) is 11.1 Å². The van der Waals surface area contributed by atoms with Crippen LogP contribution in [0.4, 0.5) is 16.0 Å². The van der Waals surface area contributed by atoms with Crippen LogP contribution >= 0.6 is 11.6 Å². The van der Waals surface area contributed by atoms with E-state index in [2.05, 4.69) is 30.5 Å². The van der Waals surface area contributed by atoms with Crippen molar-refractivity contribution in [1.29, 1.82) is 0 Å². The molecule has 0 amide bonds. The summed E-state index contributed by atoms with van der Waals surface area (Å²) >= 11 is 5.82. The summed E-state index contributed by atoms with van der Waals surface area (Å²) in [6.45, 7) is 0. The number of hydrogen-bond acceptors (Lipinski definition) is 5. The normalized spacial score (nSPS) is 11.3. The van der Waals surface area contributed by atoms with Crippen LogP contribution in [0.3, 0.4) is 0 Å². The van der Waals surface area contributed by atoms with Gasteiger partial charge in [-0.1, -0.05) is 11.6 Å². The van der Waals surface area contributed by atoms with Gasteiger partial charge >= 0.3 is 0 Å². The highest BCUT2D eigenvalue weighted by atomic mass is 35.5. The van der Waals surface area contributed by atoms with Crippen molar-refractivity contribution in [2.45, 2.75) is 0 Å². The van der Waals surface area contributed by atoms with Crippen LogP contribution in [0.25, 0.3) is 27.8 Å². The average molecular weight is 380 g/mol. The van der Waals surface area contributed by atoms with Gasteiger partial charge in [0.1, 0.15) is 17.7 Å². The lowest BCUT2D eigenvalue weighted by molar-refractivity contribution is 0.628. The van der Waals surface area contributed by atoms with Gasteiger partial charge < -0.3 is 5.32 Å². The van der Waals surface area contributed by atoms with Crippen molar-refractivity contribution in [2.75, 3.05) is 5.32 Å². The SMILES string of the molecule is Fc1ccc(Nc2ncc3ncn(-c4ccc5cn[nH]c5c4)c3n2)cc1Cl. The molecule has 27 heavy (non-hydrogen) atoms. The average Bonchev–Trinajstić information content (AvgIpc) is 3.30. The fraction of sp³-hybridized carbons (Fsp3) is 0. The minimum absolute atomic E-state index is 0.0268. The van der Waals surface area contributed by atoms with Crippen LogP contribution in [0.1, 0.15) is 0 Å². The molecule has 0 radical (unpaired) electrons. The van der Waals surface area contributed by atoms with Gasteiger partial charge in [-0.25, -0.2) is 14.4 Å². The van der Waals surface area contributed by atoms with Gasteiger partial charge in [-0.3, -0.25) is 9.67 Å². The maximum atomic E-state index is 13.3. The highest BCUT2D eigenvalue weighted by Crippen LogP contribution is 2.23. The first-order valence-electron chi connectivity index (χ1n) is 8.03. The highest BCUT2D eigenvalue weighted by Gasteiger charge is 2.10. The zero-order chi connectivity index (χ0) is 18.4. The first-order chi connectivity index (χ1) is 13.2. The van der Waals surface area contributed by atoms with Crippen LogP contribution in [0.15, 0.2) is 55.1 Å². The molecule has 0 saturated carbocycles. The van der Waals surface area contributed by atoms with E-state index in [4.69, 9.17) is 11.6 Å². The zero-order valence-electron chi connectivity index (χ0n) is 13.7. The Morgan fingerprint density at radius 3 is 2.89 bits per heavy atom. The van der Waals surface area contributed by atoms with Gasteiger partial charge in [-0.15, -0.1) is 0 Å². The predicted octanol–water partition coefficient (Wildman–Crippen LogP) is 4.23. The van der Waals surface area contributed by atoms with E-state index in [0.717, 1.165) is 16.6 Å². The molecule has 0 aliphatic heterocycles. The van der Waals surface area contributed by atoms with E-state index >= 15 is 0 Å². The first-order valence-corrected chi connectivity index (χ1v) is 8.41. The molecule has 0 fully saturated rings. The van der Waals surface area contributed by atoms with Crippen molar-refractivity contribution in [3.8, 4) is 5.69 Å². The summed E-state index contributed by atoms with van der Waals surface area (Å²) in [7, 11) is 0. The van der Waals surface area contributed by atoms with Crippen molar-refractivity contribution in [3.63, 3.8) is 0 Å². The molecule has 3 heterocycles. The third-order valence-corrected chi connectivity index (χ3v) is 4.46. The number of benzene rings is 2. The Labute approximate surface area is 156 Å². The Kier molecular flexibility index (Phi) is 3.51. The number of nitrogens with zero attached hydrogens (tertiary/aromatic N) is 5. The lowest BCUT2D eigenvalue weighted by Gasteiger charge is -2.07. The molecule has 0 bridgehead atoms. The third kappa shape index (κ3) is 2.76. The van der Waals surface area contributed by atoms with E-state index in [9.17, 15) is 4.39 Å². The van der Waals surface area contributed by atoms with E-state index in [1.54, 1.807) is 24.8 Å². The van der Waals surface area contributed by atoms with Crippen molar-refractivity contribution in [3.05, 3.63) is 66.0 Å². The van der Waals surface area contributed by atoms with Crippen LogP contribution in [0.2, 0.25) is 5.02 Å². The van der Waals surface area contributed by atoms with E-state index in [1.807, 2.05) is 22.8 Å². The molecular weight excluding hydrogens is 369 g/mol. The van der Waals surface area contributed by atoms with Crippen molar-refractivity contribution >= 4 is 45.3 Å². The molecule has 0 unspecified atom stereocenters. The number of hydrogen-bond donors (Lipinski definition) is 2. The number of anilines is 2. The van der Waals surface area contributed by atoms with Gasteiger partial charge in [0.25, 0.3) is 0 Å². The number of nitrogens with one attached hydrogen (secondary N) is 2. The minimum atomic E-state index is -0.481. The number of rotatable bonds is 3. The van der Waals surface area contributed by atoms with Crippen molar-refractivity contribution in [2.24, 2.45) is 0 Å². The van der Waals surface area contributed by atoms with Gasteiger partial charge in [-0.2, -0.15) is 10.1 Å². The number of fused-ring (bicyclic) bond motifs is 2. The Morgan fingerprint density at radius 2 is 2.00 bits per heavy atom. The second-order valence-corrected chi connectivity index (χ2v) is 6.32. The molecular formula is C18H11ClFN7. The molecule has 132 valence electrons. The highest BCUT2D eigenvalue weighted by molar-refractivity contribution is 6.31. The molecule has 3 aromatic heterocycles. The van der Waals surface area contributed by atoms with Crippen LogP contribution in [0, 0.1) is 5.82 Å². The summed E-state index contributed by atoms with van der Waals surface area (Å²) in [4.78, 5) is 13.1. The smallest absolute Gasteiger partial charge is 0.229 e. The summed E-state index contributed by atoms with van der Waals surface area (Å²) in [6.07, 6.45) is 5.08. The Bertz CT molecular complexity index is 1290. The van der Waals surface area contributed by atoms with E-state index in [-0.39, 0.29) is 5.02 Å². The summed E-state index contributed by atoms with van der Waals surface area (Å²) in [6, 6.07) is 10.2. The zero-order valence-corrected chi connectivity index (χ0v) is 14.4. The molecule has 0 spiro atoms. The van der Waals surface area contributed by atoms with Gasteiger partial charge in [0.05, 0.1) is 28.6 Å². The molecule has 2 N–H and O–H groups in total. The molecule has 9 heteroatoms. The lowest BCUT2D eigenvalue weighted by Crippen LogP contribution is -2.00. The number of halogens is 2. The topological polar surface area (TPSA) is 84.3 Å². The van der Waals surface area contributed by atoms with Gasteiger partial charge in [0.2, 0.25) is 5.95 Å². The van der Waals surface area contributed by atoms with E-state index in [0.29, 0.717) is 22.8 Å².